The molecule has 4 aromatic rings. The normalized spacial score (nSPS) is 14.0. The van der Waals surface area contributed by atoms with Crippen molar-refractivity contribution in [1.82, 2.24) is 14.9 Å². The van der Waals surface area contributed by atoms with Crippen molar-refractivity contribution in [3.05, 3.63) is 84.9 Å². The summed E-state index contributed by atoms with van der Waals surface area (Å²) >= 11 is 0. The van der Waals surface area contributed by atoms with Gasteiger partial charge in [0.15, 0.2) is 0 Å². The van der Waals surface area contributed by atoms with E-state index in [0.29, 0.717) is 6.61 Å². The van der Waals surface area contributed by atoms with E-state index in [-0.39, 0.29) is 5.91 Å². The number of hydrogen-bond acceptors (Lipinski definition) is 5. The Kier molecular flexibility index (Phi) is 7.51. The fourth-order valence-corrected chi connectivity index (χ4v) is 4.64. The largest absolute Gasteiger partial charge is 0.492 e. The van der Waals surface area contributed by atoms with Crippen molar-refractivity contribution in [2.24, 2.45) is 0 Å². The maximum absolute atomic E-state index is 11.4. The Hall–Kier alpha value is -4.10. The Morgan fingerprint density at radius 1 is 1.05 bits per heavy atom. The summed E-state index contributed by atoms with van der Waals surface area (Å²) in [5.41, 5.74) is 6.45. The lowest BCUT2D eigenvalue weighted by Gasteiger charge is -2.36. The molecule has 1 saturated heterocycles. The number of H-pyrrole nitrogens is 1. The highest BCUT2D eigenvalue weighted by atomic mass is 16.5. The minimum atomic E-state index is -0.224. The van der Waals surface area contributed by atoms with E-state index >= 15 is 0 Å². The maximum Gasteiger partial charge on any atom is 0.247 e. The van der Waals surface area contributed by atoms with Crippen LogP contribution in [0.15, 0.2) is 79.4 Å². The summed E-state index contributed by atoms with van der Waals surface area (Å²) in [7, 11) is 0. The number of para-hydroxylation sites is 1. The van der Waals surface area contributed by atoms with Crippen LogP contribution in [0.2, 0.25) is 0 Å². The van der Waals surface area contributed by atoms with Crippen molar-refractivity contribution >= 4 is 28.3 Å². The third-order valence-corrected chi connectivity index (χ3v) is 6.82. The Morgan fingerprint density at radius 2 is 1.81 bits per heavy atom. The van der Waals surface area contributed by atoms with Crippen molar-refractivity contribution < 1.29 is 9.53 Å². The minimum absolute atomic E-state index is 0.224. The van der Waals surface area contributed by atoms with Crippen LogP contribution in [0.3, 0.4) is 0 Å². The van der Waals surface area contributed by atoms with E-state index in [4.69, 9.17) is 9.72 Å². The standard InChI is InChI=1S/C30H33N5O2/c1-3-22-8-10-23(11-9-22)30-32-26-6-5-7-27(29(26)33-30)35-18-16-34(17-19-35)20-21-37-25-14-12-24(13-15-25)31-28(36)4-2/h4-15H,2-3,16-21H2,1H3,(H,31,36)(H,32,33). The SMILES string of the molecule is C=CC(=O)Nc1ccc(OCCN2CCN(c3cccc4[nH]c(-c5ccc(CC)cc5)nc34)CC2)cc1. The third-order valence-electron chi connectivity index (χ3n) is 6.82. The number of carbonyl (C=O) groups is 1. The second-order valence-corrected chi connectivity index (χ2v) is 9.20. The second kappa shape index (κ2) is 11.3. The van der Waals surface area contributed by atoms with Gasteiger partial charge in [0.25, 0.3) is 0 Å². The highest BCUT2D eigenvalue weighted by Crippen LogP contribution is 2.29. The molecule has 0 bridgehead atoms. The van der Waals surface area contributed by atoms with Gasteiger partial charge < -0.3 is 19.9 Å². The van der Waals surface area contributed by atoms with Crippen LogP contribution in [-0.4, -0.2) is 60.1 Å². The van der Waals surface area contributed by atoms with Crippen LogP contribution in [-0.2, 0) is 11.2 Å². The molecule has 5 rings (SSSR count). The van der Waals surface area contributed by atoms with Crippen LogP contribution in [0.4, 0.5) is 11.4 Å². The Bertz CT molecular complexity index is 1350. The number of anilines is 2. The quantitative estimate of drug-likeness (QED) is 0.316. The molecule has 3 aromatic carbocycles. The number of benzene rings is 3. The molecule has 1 amide bonds. The number of rotatable bonds is 9. The molecule has 0 atom stereocenters. The van der Waals surface area contributed by atoms with Gasteiger partial charge in [0.2, 0.25) is 5.91 Å². The number of nitrogens with one attached hydrogen (secondary N) is 2. The molecule has 37 heavy (non-hydrogen) atoms. The van der Waals surface area contributed by atoms with E-state index in [2.05, 4.69) is 76.1 Å². The smallest absolute Gasteiger partial charge is 0.247 e. The van der Waals surface area contributed by atoms with E-state index in [0.717, 1.165) is 73.0 Å². The Labute approximate surface area is 217 Å². The molecule has 0 aliphatic carbocycles. The van der Waals surface area contributed by atoms with Crippen molar-refractivity contribution in [3.63, 3.8) is 0 Å². The van der Waals surface area contributed by atoms with Gasteiger partial charge in [-0.1, -0.05) is 43.8 Å². The summed E-state index contributed by atoms with van der Waals surface area (Å²) in [5, 5.41) is 2.74. The fourth-order valence-electron chi connectivity index (χ4n) is 4.64. The van der Waals surface area contributed by atoms with Crippen molar-refractivity contribution in [2.75, 3.05) is 49.5 Å². The molecule has 0 radical (unpaired) electrons. The average molecular weight is 496 g/mol. The van der Waals surface area contributed by atoms with E-state index in [9.17, 15) is 4.79 Å². The zero-order valence-electron chi connectivity index (χ0n) is 21.2. The first-order valence-electron chi connectivity index (χ1n) is 12.8. The number of aromatic amines is 1. The number of hydrogen-bond donors (Lipinski definition) is 2. The van der Waals surface area contributed by atoms with Crippen molar-refractivity contribution in [1.29, 1.82) is 0 Å². The zero-order chi connectivity index (χ0) is 25.6. The number of nitrogens with zero attached hydrogens (tertiary/aromatic N) is 3. The van der Waals surface area contributed by atoms with Gasteiger partial charge in [0.05, 0.1) is 11.2 Å². The summed E-state index contributed by atoms with van der Waals surface area (Å²) in [6, 6.07) is 22.4. The van der Waals surface area contributed by atoms with Crippen LogP contribution >= 0.6 is 0 Å². The molecule has 0 saturated carbocycles. The van der Waals surface area contributed by atoms with Gasteiger partial charge in [0, 0.05) is 44.0 Å². The summed E-state index contributed by atoms with van der Waals surface area (Å²) in [4.78, 5) is 24.7. The molecular formula is C30H33N5O2. The fraction of sp³-hybridized carbons (Fsp3) is 0.267. The molecule has 2 N–H and O–H groups in total. The lowest BCUT2D eigenvalue weighted by molar-refractivity contribution is -0.111. The monoisotopic (exact) mass is 495 g/mol. The molecule has 1 aromatic heterocycles. The predicted molar refractivity (Wildman–Crippen MR) is 150 cm³/mol. The summed E-state index contributed by atoms with van der Waals surface area (Å²) < 4.78 is 5.92. The van der Waals surface area contributed by atoms with E-state index in [1.54, 1.807) is 0 Å². The lowest BCUT2D eigenvalue weighted by Crippen LogP contribution is -2.47. The van der Waals surface area contributed by atoms with Crippen LogP contribution in [0.25, 0.3) is 22.4 Å². The molecular weight excluding hydrogens is 462 g/mol. The summed E-state index contributed by atoms with van der Waals surface area (Å²) in [6.07, 6.45) is 2.29. The first-order chi connectivity index (χ1) is 18.1. The molecule has 7 heteroatoms. The number of carbonyl (C=O) groups excluding carboxylic acids is 1. The van der Waals surface area contributed by atoms with Crippen LogP contribution < -0.4 is 15.0 Å². The van der Waals surface area contributed by atoms with Crippen molar-refractivity contribution in [2.45, 2.75) is 13.3 Å². The molecule has 0 spiro atoms. The summed E-state index contributed by atoms with van der Waals surface area (Å²) in [5.74, 6) is 1.48. The number of amides is 1. The maximum atomic E-state index is 11.4. The molecule has 190 valence electrons. The highest BCUT2D eigenvalue weighted by Gasteiger charge is 2.20. The van der Waals surface area contributed by atoms with E-state index < -0.39 is 0 Å². The first-order valence-corrected chi connectivity index (χ1v) is 12.8. The number of fused-ring (bicyclic) bond motifs is 1. The molecule has 1 fully saturated rings. The minimum Gasteiger partial charge on any atom is -0.492 e. The van der Waals surface area contributed by atoms with E-state index in [1.165, 1.54) is 17.3 Å². The van der Waals surface area contributed by atoms with Crippen LogP contribution in [0.5, 0.6) is 5.75 Å². The Morgan fingerprint density at radius 3 is 2.51 bits per heavy atom. The molecule has 2 heterocycles. The van der Waals surface area contributed by atoms with Gasteiger partial charge in [-0.2, -0.15) is 0 Å². The Balaban J connectivity index is 1.15. The van der Waals surface area contributed by atoms with E-state index in [1.807, 2.05) is 24.3 Å². The second-order valence-electron chi connectivity index (χ2n) is 9.20. The van der Waals surface area contributed by atoms with Gasteiger partial charge in [-0.15, -0.1) is 0 Å². The molecule has 1 aliphatic rings. The third kappa shape index (κ3) is 5.84. The lowest BCUT2D eigenvalue weighted by atomic mass is 10.1. The predicted octanol–water partition coefficient (Wildman–Crippen LogP) is 5.12. The van der Waals surface area contributed by atoms with Crippen molar-refractivity contribution in [3.8, 4) is 17.1 Å². The number of ether oxygens (including phenoxy) is 1. The summed E-state index contributed by atoms with van der Waals surface area (Å²) in [6.45, 7) is 11.0. The van der Waals surface area contributed by atoms with Gasteiger partial charge in [-0.25, -0.2) is 4.98 Å². The zero-order valence-corrected chi connectivity index (χ0v) is 21.2. The van der Waals surface area contributed by atoms with Gasteiger partial charge in [-0.05, 0) is 54.5 Å². The molecule has 7 nitrogen and oxygen atoms in total. The number of aromatic nitrogens is 2. The number of aryl methyl sites for hydroxylation is 1. The average Bonchev–Trinajstić information content (AvgIpc) is 3.39. The molecule has 1 aliphatic heterocycles. The number of piperazine rings is 1. The first kappa shape index (κ1) is 24.6. The highest BCUT2D eigenvalue weighted by molar-refractivity contribution is 5.98. The van der Waals surface area contributed by atoms with Crippen LogP contribution in [0, 0.1) is 0 Å². The number of imidazole rings is 1. The van der Waals surface area contributed by atoms with Gasteiger partial charge in [0.1, 0.15) is 23.7 Å². The van der Waals surface area contributed by atoms with Crippen LogP contribution in [0.1, 0.15) is 12.5 Å². The topological polar surface area (TPSA) is 73.5 Å². The molecule has 0 unspecified atom stereocenters. The van der Waals surface area contributed by atoms with Gasteiger partial charge >= 0.3 is 0 Å². The van der Waals surface area contributed by atoms with Gasteiger partial charge in [-0.3, -0.25) is 9.69 Å².